The summed E-state index contributed by atoms with van der Waals surface area (Å²) in [5.41, 5.74) is 2.99. The van der Waals surface area contributed by atoms with E-state index in [2.05, 4.69) is 26.7 Å². The van der Waals surface area contributed by atoms with E-state index >= 15 is 0 Å². The summed E-state index contributed by atoms with van der Waals surface area (Å²) in [6.07, 6.45) is 8.52. The third-order valence-electron chi connectivity index (χ3n) is 9.09. The number of nitrogens with zero attached hydrogens (tertiary/aromatic N) is 4. The average Bonchev–Trinajstić information content (AvgIpc) is 3.47. The van der Waals surface area contributed by atoms with E-state index in [0.29, 0.717) is 36.3 Å². The highest BCUT2D eigenvalue weighted by molar-refractivity contribution is 8.02. The first-order chi connectivity index (χ1) is 19.2. The first-order valence-electron chi connectivity index (χ1n) is 14.2. The van der Waals surface area contributed by atoms with Crippen molar-refractivity contribution in [2.75, 3.05) is 33.0 Å². The van der Waals surface area contributed by atoms with Crippen molar-refractivity contribution >= 4 is 40.3 Å². The number of aromatic nitrogens is 2. The standard InChI is InChI=1S/C30H40FN5O3S/c1-17-13-26(40-5)23(29(37)34-17)14-33-30(38)27-19(3)36(28-22(27)7-6-12-32-28)18(2)20-8-10-21(11-9-20)35-15-24(31)25(16-35)39-4/h6-7,12-13,18,20-21,23-25H,8-11,14-16H2,1-5H3,(H,33,38)/t18-,20?,21?,23?,24-,25-/m1/s1. The molecule has 0 aromatic carbocycles. The number of hydrogen-bond donors (Lipinski definition) is 1. The number of carbonyl (C=O) groups excluding carboxylic acids is 2. The molecule has 3 aliphatic rings. The minimum Gasteiger partial charge on any atom is -0.377 e. The summed E-state index contributed by atoms with van der Waals surface area (Å²) in [6, 6.07) is 4.35. The summed E-state index contributed by atoms with van der Waals surface area (Å²) in [4.78, 5) is 38.2. The summed E-state index contributed by atoms with van der Waals surface area (Å²) in [6.45, 7) is 7.34. The van der Waals surface area contributed by atoms with E-state index in [1.54, 1.807) is 13.3 Å². The summed E-state index contributed by atoms with van der Waals surface area (Å²) < 4.78 is 21.8. The van der Waals surface area contributed by atoms with E-state index in [4.69, 9.17) is 9.72 Å². The number of hydrogen-bond acceptors (Lipinski definition) is 6. The van der Waals surface area contributed by atoms with E-state index < -0.39 is 12.1 Å². The Morgan fingerprint density at radius 2 is 2.00 bits per heavy atom. The topological polar surface area (TPSA) is 88.8 Å². The zero-order valence-electron chi connectivity index (χ0n) is 24.0. The van der Waals surface area contributed by atoms with Crippen LogP contribution >= 0.6 is 11.8 Å². The minimum absolute atomic E-state index is 0.155. The zero-order valence-corrected chi connectivity index (χ0v) is 24.8. The molecule has 1 saturated heterocycles. The van der Waals surface area contributed by atoms with E-state index in [9.17, 15) is 14.0 Å². The van der Waals surface area contributed by atoms with Crippen molar-refractivity contribution in [2.24, 2.45) is 16.8 Å². The second-order valence-corrected chi connectivity index (χ2v) is 12.2. The molecule has 2 aromatic rings. The number of likely N-dealkylation sites (tertiary alicyclic amines) is 1. The van der Waals surface area contributed by atoms with Gasteiger partial charge in [0.25, 0.3) is 11.8 Å². The molecule has 1 N–H and O–H groups in total. The van der Waals surface area contributed by atoms with Gasteiger partial charge in [0.2, 0.25) is 0 Å². The number of pyridine rings is 1. The first-order valence-corrected chi connectivity index (χ1v) is 15.4. The highest BCUT2D eigenvalue weighted by atomic mass is 32.2. The summed E-state index contributed by atoms with van der Waals surface area (Å²) in [5.74, 6) is -0.456. The fourth-order valence-corrected chi connectivity index (χ4v) is 7.63. The molecule has 1 aliphatic carbocycles. The Kier molecular flexibility index (Phi) is 8.78. The van der Waals surface area contributed by atoms with E-state index in [1.165, 1.54) is 11.8 Å². The van der Waals surface area contributed by atoms with Crippen LogP contribution in [0.15, 0.2) is 34.3 Å². The molecule has 10 heteroatoms. The van der Waals surface area contributed by atoms with Crippen LogP contribution in [0.4, 0.5) is 4.39 Å². The van der Waals surface area contributed by atoms with Gasteiger partial charge in [0.1, 0.15) is 17.9 Å². The van der Waals surface area contributed by atoms with Crippen molar-refractivity contribution in [1.29, 1.82) is 0 Å². The maximum absolute atomic E-state index is 14.3. The van der Waals surface area contributed by atoms with Gasteiger partial charge < -0.3 is 14.6 Å². The van der Waals surface area contributed by atoms with Crippen LogP contribution in [0.1, 0.15) is 61.6 Å². The maximum atomic E-state index is 14.3. The van der Waals surface area contributed by atoms with Crippen LogP contribution in [0, 0.1) is 18.8 Å². The van der Waals surface area contributed by atoms with Gasteiger partial charge in [-0.2, -0.15) is 0 Å². The van der Waals surface area contributed by atoms with Crippen LogP contribution in [0.2, 0.25) is 0 Å². The highest BCUT2D eigenvalue weighted by Crippen LogP contribution is 2.39. The molecule has 5 rings (SSSR count). The number of dihydropyridines is 1. The number of methoxy groups -OCH3 is 1. The number of halogens is 1. The Labute approximate surface area is 239 Å². The van der Waals surface area contributed by atoms with Gasteiger partial charge in [-0.25, -0.2) is 14.4 Å². The van der Waals surface area contributed by atoms with Gasteiger partial charge in [-0.3, -0.25) is 14.5 Å². The lowest BCUT2D eigenvalue weighted by atomic mass is 9.81. The SMILES string of the molecule is CO[C@@H]1CN(C2CCC([C@@H](C)n3c(C)c(C(=O)NCC4C(=O)N=C(C)C=C4SC)c4cccnc43)CC2)C[C@H]1F. The molecule has 1 saturated carbocycles. The number of allylic oxidation sites excluding steroid dienone is 1. The Morgan fingerprint density at radius 3 is 2.67 bits per heavy atom. The number of fused-ring (bicyclic) bond motifs is 1. The molecule has 1 unspecified atom stereocenters. The molecule has 0 bridgehead atoms. The third-order valence-corrected chi connectivity index (χ3v) is 9.97. The fourth-order valence-electron chi connectivity index (χ4n) is 6.87. The van der Waals surface area contributed by atoms with Crippen molar-refractivity contribution in [3.05, 3.63) is 40.6 Å². The molecule has 8 nitrogen and oxygen atoms in total. The number of amides is 2. The van der Waals surface area contributed by atoms with E-state index in [-0.39, 0.29) is 30.5 Å². The Hall–Kier alpha value is -2.56. The summed E-state index contributed by atoms with van der Waals surface area (Å²) >= 11 is 1.51. The second-order valence-electron chi connectivity index (χ2n) is 11.4. The summed E-state index contributed by atoms with van der Waals surface area (Å²) in [5, 5.41) is 3.84. The van der Waals surface area contributed by atoms with Crippen molar-refractivity contribution < 1.29 is 18.7 Å². The van der Waals surface area contributed by atoms with Crippen molar-refractivity contribution in [1.82, 2.24) is 19.8 Å². The van der Waals surface area contributed by atoms with Crippen LogP contribution in [-0.2, 0) is 9.53 Å². The number of alkyl halides is 1. The van der Waals surface area contributed by atoms with E-state index in [1.807, 2.05) is 38.3 Å². The molecule has 0 radical (unpaired) electrons. The monoisotopic (exact) mass is 569 g/mol. The largest absolute Gasteiger partial charge is 0.377 e. The Morgan fingerprint density at radius 1 is 1.25 bits per heavy atom. The molecule has 2 aliphatic heterocycles. The van der Waals surface area contributed by atoms with Gasteiger partial charge in [0.15, 0.2) is 0 Å². The smallest absolute Gasteiger partial charge is 0.255 e. The third kappa shape index (κ3) is 5.50. The molecule has 2 amide bonds. The van der Waals surface area contributed by atoms with Crippen molar-refractivity contribution in [3.8, 4) is 0 Å². The van der Waals surface area contributed by atoms with Crippen molar-refractivity contribution in [2.45, 2.75) is 70.8 Å². The highest BCUT2D eigenvalue weighted by Gasteiger charge is 2.39. The lowest BCUT2D eigenvalue weighted by Gasteiger charge is -2.37. The van der Waals surface area contributed by atoms with Gasteiger partial charge in [0, 0.05) is 66.7 Å². The van der Waals surface area contributed by atoms with Crippen LogP contribution < -0.4 is 5.32 Å². The number of ether oxygens (including phenoxy) is 1. The lowest BCUT2D eigenvalue weighted by Crippen LogP contribution is -2.38. The van der Waals surface area contributed by atoms with Gasteiger partial charge in [-0.15, -0.1) is 11.8 Å². The predicted molar refractivity (Wildman–Crippen MR) is 158 cm³/mol. The zero-order chi connectivity index (χ0) is 28.6. The molecular weight excluding hydrogens is 529 g/mol. The average molecular weight is 570 g/mol. The Balaban J connectivity index is 1.31. The van der Waals surface area contributed by atoms with E-state index in [0.717, 1.165) is 47.3 Å². The number of nitrogens with one attached hydrogen (secondary N) is 1. The first kappa shape index (κ1) is 29.0. The van der Waals surface area contributed by atoms with Crippen molar-refractivity contribution in [3.63, 3.8) is 0 Å². The molecule has 2 fully saturated rings. The lowest BCUT2D eigenvalue weighted by molar-refractivity contribution is -0.120. The predicted octanol–water partition coefficient (Wildman–Crippen LogP) is 4.73. The molecule has 0 spiro atoms. The van der Waals surface area contributed by atoms with Crippen LogP contribution in [0.25, 0.3) is 11.0 Å². The number of rotatable bonds is 8. The fraction of sp³-hybridized carbons (Fsp3) is 0.600. The molecule has 4 atom stereocenters. The molecule has 216 valence electrons. The van der Waals surface area contributed by atoms with Gasteiger partial charge in [-0.1, -0.05) is 0 Å². The Bertz CT molecular complexity index is 1330. The molecule has 2 aromatic heterocycles. The molecular formula is C30H40FN5O3S. The molecule has 4 heterocycles. The van der Waals surface area contributed by atoms with Gasteiger partial charge in [0.05, 0.1) is 11.5 Å². The quantitative estimate of drug-likeness (QED) is 0.495. The minimum atomic E-state index is -0.914. The number of thioether (sulfide) groups is 1. The van der Waals surface area contributed by atoms with Gasteiger partial charge >= 0.3 is 0 Å². The molecule has 40 heavy (non-hydrogen) atoms. The van der Waals surface area contributed by atoms with Crippen LogP contribution in [-0.4, -0.2) is 83.3 Å². The summed E-state index contributed by atoms with van der Waals surface area (Å²) in [7, 11) is 1.59. The number of carbonyl (C=O) groups is 2. The maximum Gasteiger partial charge on any atom is 0.255 e. The van der Waals surface area contributed by atoms with Crippen LogP contribution in [0.5, 0.6) is 0 Å². The second kappa shape index (κ2) is 12.1. The normalized spacial score (nSPS) is 28.4. The van der Waals surface area contributed by atoms with Crippen LogP contribution in [0.3, 0.4) is 0 Å². The van der Waals surface area contributed by atoms with Gasteiger partial charge in [-0.05, 0) is 76.8 Å². The number of aliphatic imine (C=N–C) groups is 1.